The van der Waals surface area contributed by atoms with Crippen LogP contribution in [0.25, 0.3) is 0 Å². The van der Waals surface area contributed by atoms with E-state index in [1.54, 1.807) is 0 Å². The van der Waals surface area contributed by atoms with Crippen LogP contribution in [0.15, 0.2) is 18.2 Å². The predicted molar refractivity (Wildman–Crippen MR) is 74.8 cm³/mol. The summed E-state index contributed by atoms with van der Waals surface area (Å²) in [5.74, 6) is -3.05. The SMILES string of the molecule is O=C1CC(C(=O)N2CCCC2C(=O)O)c2ccc(F)cc2N1. The molecule has 22 heavy (non-hydrogen) atoms. The highest BCUT2D eigenvalue weighted by Gasteiger charge is 2.40. The molecule has 0 aromatic heterocycles. The van der Waals surface area contributed by atoms with Gasteiger partial charge in [0.25, 0.3) is 0 Å². The maximum absolute atomic E-state index is 13.3. The van der Waals surface area contributed by atoms with Crippen LogP contribution in [0.3, 0.4) is 0 Å². The third-order valence-corrected chi connectivity index (χ3v) is 4.17. The van der Waals surface area contributed by atoms with E-state index < -0.39 is 23.7 Å². The van der Waals surface area contributed by atoms with Crippen molar-refractivity contribution < 1.29 is 23.9 Å². The number of fused-ring (bicyclic) bond motifs is 1. The summed E-state index contributed by atoms with van der Waals surface area (Å²) in [4.78, 5) is 37.0. The number of benzene rings is 1. The van der Waals surface area contributed by atoms with Crippen LogP contribution in [-0.2, 0) is 14.4 Å². The smallest absolute Gasteiger partial charge is 0.326 e. The van der Waals surface area contributed by atoms with Crippen LogP contribution >= 0.6 is 0 Å². The van der Waals surface area contributed by atoms with E-state index in [2.05, 4.69) is 5.32 Å². The molecule has 0 spiro atoms. The Morgan fingerprint density at radius 1 is 1.36 bits per heavy atom. The molecule has 2 N–H and O–H groups in total. The van der Waals surface area contributed by atoms with Crippen molar-refractivity contribution in [3.63, 3.8) is 0 Å². The van der Waals surface area contributed by atoms with E-state index in [4.69, 9.17) is 0 Å². The lowest BCUT2D eigenvalue weighted by atomic mass is 9.89. The molecule has 2 aliphatic heterocycles. The fourth-order valence-electron chi connectivity index (χ4n) is 3.14. The summed E-state index contributed by atoms with van der Waals surface area (Å²) in [5, 5.41) is 11.7. The van der Waals surface area contributed by atoms with E-state index in [0.29, 0.717) is 24.9 Å². The molecular weight excluding hydrogens is 291 g/mol. The Morgan fingerprint density at radius 2 is 2.14 bits per heavy atom. The lowest BCUT2D eigenvalue weighted by Gasteiger charge is -2.30. The van der Waals surface area contributed by atoms with E-state index >= 15 is 0 Å². The normalized spacial score (nSPS) is 23.9. The van der Waals surface area contributed by atoms with Gasteiger partial charge in [-0.1, -0.05) is 6.07 Å². The molecule has 1 aromatic rings. The second-order valence-electron chi connectivity index (χ2n) is 5.56. The third kappa shape index (κ3) is 2.43. The summed E-state index contributed by atoms with van der Waals surface area (Å²) >= 11 is 0. The molecule has 2 aliphatic rings. The predicted octanol–water partition coefficient (Wildman–Crippen LogP) is 1.33. The van der Waals surface area contributed by atoms with Crippen molar-refractivity contribution in [2.75, 3.05) is 11.9 Å². The quantitative estimate of drug-likeness (QED) is 0.863. The number of anilines is 1. The van der Waals surface area contributed by atoms with E-state index in [1.165, 1.54) is 23.1 Å². The average Bonchev–Trinajstić information content (AvgIpc) is 2.94. The number of aliphatic carboxylic acids is 1. The molecule has 1 fully saturated rings. The minimum absolute atomic E-state index is 0.0553. The van der Waals surface area contributed by atoms with Crippen LogP contribution < -0.4 is 5.32 Å². The summed E-state index contributed by atoms with van der Waals surface area (Å²) in [7, 11) is 0. The third-order valence-electron chi connectivity index (χ3n) is 4.17. The number of nitrogens with one attached hydrogen (secondary N) is 1. The number of nitrogens with zero attached hydrogens (tertiary/aromatic N) is 1. The molecule has 6 nitrogen and oxygen atoms in total. The number of carbonyl (C=O) groups excluding carboxylic acids is 2. The van der Waals surface area contributed by atoms with Crippen molar-refractivity contribution >= 4 is 23.5 Å². The molecule has 0 radical (unpaired) electrons. The van der Waals surface area contributed by atoms with Crippen LogP contribution in [0, 0.1) is 5.82 Å². The topological polar surface area (TPSA) is 86.7 Å². The monoisotopic (exact) mass is 306 g/mol. The summed E-state index contributed by atoms with van der Waals surface area (Å²) in [6.07, 6.45) is 0.981. The molecule has 0 aliphatic carbocycles. The highest BCUT2D eigenvalue weighted by Crippen LogP contribution is 2.35. The van der Waals surface area contributed by atoms with Gasteiger partial charge in [-0.05, 0) is 30.5 Å². The van der Waals surface area contributed by atoms with Crippen LogP contribution in [-0.4, -0.2) is 40.4 Å². The first-order valence-electron chi connectivity index (χ1n) is 7.10. The number of carboxylic acids is 1. The number of carbonyl (C=O) groups is 3. The van der Waals surface area contributed by atoms with E-state index in [-0.39, 0.29) is 23.9 Å². The second kappa shape index (κ2) is 5.40. The maximum Gasteiger partial charge on any atom is 0.326 e. The molecule has 1 aromatic carbocycles. The number of rotatable bonds is 2. The Morgan fingerprint density at radius 3 is 2.86 bits per heavy atom. The van der Waals surface area contributed by atoms with Gasteiger partial charge in [-0.15, -0.1) is 0 Å². The first kappa shape index (κ1) is 14.5. The zero-order chi connectivity index (χ0) is 15.9. The molecule has 3 rings (SSSR count). The lowest BCUT2D eigenvalue weighted by molar-refractivity contribution is -0.149. The highest BCUT2D eigenvalue weighted by molar-refractivity contribution is 6.01. The van der Waals surface area contributed by atoms with E-state index in [0.717, 1.165) is 0 Å². The number of hydrogen-bond acceptors (Lipinski definition) is 3. The van der Waals surface area contributed by atoms with Crippen LogP contribution in [0.4, 0.5) is 10.1 Å². The Kier molecular flexibility index (Phi) is 3.56. The van der Waals surface area contributed by atoms with Crippen LogP contribution in [0.2, 0.25) is 0 Å². The molecule has 2 unspecified atom stereocenters. The molecular formula is C15H15FN2O4. The number of carboxylic acid groups (broad SMARTS) is 1. The van der Waals surface area contributed by atoms with Gasteiger partial charge in [-0.2, -0.15) is 0 Å². The van der Waals surface area contributed by atoms with E-state index in [9.17, 15) is 23.9 Å². The highest BCUT2D eigenvalue weighted by atomic mass is 19.1. The summed E-state index contributed by atoms with van der Waals surface area (Å²) < 4.78 is 13.3. The van der Waals surface area contributed by atoms with Gasteiger partial charge < -0.3 is 15.3 Å². The van der Waals surface area contributed by atoms with E-state index in [1.807, 2.05) is 0 Å². The Hall–Kier alpha value is -2.44. The van der Waals surface area contributed by atoms with Gasteiger partial charge >= 0.3 is 5.97 Å². The number of likely N-dealkylation sites (tertiary alicyclic amines) is 1. The Balaban J connectivity index is 1.93. The first-order valence-corrected chi connectivity index (χ1v) is 7.10. The van der Waals surface area contributed by atoms with Crippen LogP contribution in [0.5, 0.6) is 0 Å². The molecule has 0 saturated carbocycles. The van der Waals surface area contributed by atoms with Crippen LogP contribution in [0.1, 0.15) is 30.7 Å². The van der Waals surface area contributed by atoms with Gasteiger partial charge in [0.2, 0.25) is 11.8 Å². The zero-order valence-electron chi connectivity index (χ0n) is 11.7. The molecule has 1 saturated heterocycles. The van der Waals surface area contributed by atoms with Crippen molar-refractivity contribution in [1.29, 1.82) is 0 Å². The summed E-state index contributed by atoms with van der Waals surface area (Å²) in [5.41, 5.74) is 0.808. The molecule has 7 heteroatoms. The molecule has 2 atom stereocenters. The van der Waals surface area contributed by atoms with Gasteiger partial charge in [0, 0.05) is 18.7 Å². The molecule has 2 amide bonds. The van der Waals surface area contributed by atoms with Gasteiger partial charge in [-0.3, -0.25) is 9.59 Å². The van der Waals surface area contributed by atoms with Gasteiger partial charge in [0.1, 0.15) is 11.9 Å². The summed E-state index contributed by atoms with van der Waals surface area (Å²) in [6, 6.07) is 3.03. The Labute approximate surface area is 125 Å². The number of amides is 2. The van der Waals surface area contributed by atoms with Gasteiger partial charge in [0.05, 0.1) is 5.92 Å². The number of halogens is 1. The zero-order valence-corrected chi connectivity index (χ0v) is 11.7. The van der Waals surface area contributed by atoms with Gasteiger partial charge in [0.15, 0.2) is 0 Å². The first-order chi connectivity index (χ1) is 10.5. The van der Waals surface area contributed by atoms with Crippen molar-refractivity contribution in [1.82, 2.24) is 4.90 Å². The maximum atomic E-state index is 13.3. The minimum Gasteiger partial charge on any atom is -0.480 e. The van der Waals surface area contributed by atoms with Crippen molar-refractivity contribution in [2.45, 2.75) is 31.2 Å². The molecule has 116 valence electrons. The van der Waals surface area contributed by atoms with Gasteiger partial charge in [-0.25, -0.2) is 9.18 Å². The second-order valence-corrected chi connectivity index (χ2v) is 5.56. The number of hydrogen-bond donors (Lipinski definition) is 2. The fourth-order valence-corrected chi connectivity index (χ4v) is 3.14. The molecule has 0 bridgehead atoms. The summed E-state index contributed by atoms with van der Waals surface area (Å²) in [6.45, 7) is 0.366. The Bertz CT molecular complexity index is 661. The average molecular weight is 306 g/mol. The largest absolute Gasteiger partial charge is 0.480 e. The standard InChI is InChI=1S/C15H15FN2O4/c16-8-3-4-9-10(7-13(19)17-11(9)6-8)14(20)18-5-1-2-12(18)15(21)22/h3-4,6,10,12H,1-2,5,7H2,(H,17,19)(H,21,22). The van der Waals surface area contributed by atoms with Crippen molar-refractivity contribution in [2.24, 2.45) is 0 Å². The van der Waals surface area contributed by atoms with Crippen molar-refractivity contribution in [3.8, 4) is 0 Å². The fraction of sp³-hybridized carbons (Fsp3) is 0.400. The van der Waals surface area contributed by atoms with Crippen molar-refractivity contribution in [3.05, 3.63) is 29.6 Å². The minimum atomic E-state index is -1.04. The molecule has 2 heterocycles. The lowest BCUT2D eigenvalue weighted by Crippen LogP contribution is -2.44.